The molecule has 0 saturated carbocycles. The van der Waals surface area contributed by atoms with Gasteiger partial charge in [-0.1, -0.05) is 0 Å². The van der Waals surface area contributed by atoms with E-state index in [0.717, 1.165) is 24.8 Å². The average molecular weight is 211 g/mol. The first-order valence-corrected chi connectivity index (χ1v) is 5.63. The van der Waals surface area contributed by atoms with E-state index < -0.39 is 12.0 Å². The maximum atomic E-state index is 10.8. The second-order valence-corrected chi connectivity index (χ2v) is 4.66. The minimum atomic E-state index is -0.894. The Morgan fingerprint density at radius 3 is 3.21 bits per heavy atom. The molecule has 14 heavy (non-hydrogen) atoms. The average Bonchev–Trinajstić information content (AvgIpc) is 2.63. The van der Waals surface area contributed by atoms with Crippen molar-refractivity contribution < 1.29 is 9.90 Å². The molecule has 0 bridgehead atoms. The van der Waals surface area contributed by atoms with E-state index in [0.29, 0.717) is 0 Å². The summed E-state index contributed by atoms with van der Waals surface area (Å²) in [5.41, 5.74) is 6.83. The van der Waals surface area contributed by atoms with E-state index in [9.17, 15) is 4.79 Å². The number of fused-ring (bicyclic) bond motifs is 1. The number of rotatable bonds is 2. The Bertz CT molecular complexity index is 348. The quantitative estimate of drug-likeness (QED) is 0.780. The summed E-state index contributed by atoms with van der Waals surface area (Å²) in [6.45, 7) is 0. The van der Waals surface area contributed by atoms with Crippen molar-refractivity contribution >= 4 is 17.3 Å². The number of carbonyl (C=O) groups is 1. The number of thiophene rings is 1. The van der Waals surface area contributed by atoms with E-state index in [1.807, 2.05) is 11.4 Å². The normalized spacial score (nSPS) is 22.8. The van der Waals surface area contributed by atoms with E-state index in [2.05, 4.69) is 0 Å². The van der Waals surface area contributed by atoms with Crippen LogP contribution in [0.25, 0.3) is 0 Å². The van der Waals surface area contributed by atoms with Gasteiger partial charge in [0.2, 0.25) is 0 Å². The third kappa shape index (κ3) is 1.55. The summed E-state index contributed by atoms with van der Waals surface area (Å²) in [4.78, 5) is 12.1. The lowest BCUT2D eigenvalue weighted by Crippen LogP contribution is -2.37. The van der Waals surface area contributed by atoms with Crippen LogP contribution in [0.5, 0.6) is 0 Å². The fourth-order valence-electron chi connectivity index (χ4n) is 2.07. The van der Waals surface area contributed by atoms with Crippen molar-refractivity contribution in [1.29, 1.82) is 0 Å². The van der Waals surface area contributed by atoms with Crippen molar-refractivity contribution in [3.05, 3.63) is 21.9 Å². The minimum absolute atomic E-state index is 0.0162. The van der Waals surface area contributed by atoms with E-state index >= 15 is 0 Å². The Hall–Kier alpha value is -0.870. The number of carboxylic acid groups (broad SMARTS) is 1. The SMILES string of the molecule is NC(C(=O)O)C1CCCc2sccc21. The van der Waals surface area contributed by atoms with Crippen molar-refractivity contribution in [2.75, 3.05) is 0 Å². The van der Waals surface area contributed by atoms with Gasteiger partial charge in [-0.05, 0) is 36.3 Å². The summed E-state index contributed by atoms with van der Waals surface area (Å²) >= 11 is 1.71. The largest absolute Gasteiger partial charge is 0.480 e. The van der Waals surface area contributed by atoms with Gasteiger partial charge in [0.15, 0.2) is 0 Å². The molecule has 1 aliphatic carbocycles. The Kier molecular flexibility index (Phi) is 2.56. The van der Waals surface area contributed by atoms with Crippen LogP contribution in [-0.4, -0.2) is 17.1 Å². The van der Waals surface area contributed by atoms with Crippen molar-refractivity contribution in [3.8, 4) is 0 Å². The summed E-state index contributed by atoms with van der Waals surface area (Å²) in [5, 5.41) is 10.9. The lowest BCUT2D eigenvalue weighted by molar-refractivity contribution is -0.139. The standard InChI is InChI=1S/C10H13NO2S/c11-9(10(12)13)7-2-1-3-8-6(7)4-5-14-8/h4-5,7,9H,1-3,11H2,(H,12,13). The number of carboxylic acids is 1. The van der Waals surface area contributed by atoms with Crippen LogP contribution in [0.1, 0.15) is 29.2 Å². The molecule has 0 aliphatic heterocycles. The van der Waals surface area contributed by atoms with Gasteiger partial charge in [0.1, 0.15) is 6.04 Å². The van der Waals surface area contributed by atoms with Gasteiger partial charge in [-0.15, -0.1) is 11.3 Å². The van der Waals surface area contributed by atoms with Crippen LogP contribution >= 0.6 is 11.3 Å². The summed E-state index contributed by atoms with van der Waals surface area (Å²) in [7, 11) is 0. The smallest absolute Gasteiger partial charge is 0.321 e. The van der Waals surface area contributed by atoms with E-state index in [4.69, 9.17) is 10.8 Å². The van der Waals surface area contributed by atoms with Crippen molar-refractivity contribution in [2.45, 2.75) is 31.2 Å². The van der Waals surface area contributed by atoms with Crippen LogP contribution in [0.15, 0.2) is 11.4 Å². The molecular weight excluding hydrogens is 198 g/mol. The molecule has 2 unspecified atom stereocenters. The molecule has 0 spiro atoms. The third-order valence-corrected chi connectivity index (χ3v) is 3.81. The predicted molar refractivity (Wildman–Crippen MR) is 55.6 cm³/mol. The lowest BCUT2D eigenvalue weighted by atomic mass is 9.83. The molecule has 1 heterocycles. The minimum Gasteiger partial charge on any atom is -0.480 e. The monoisotopic (exact) mass is 211 g/mol. The van der Waals surface area contributed by atoms with E-state index in [1.54, 1.807) is 11.3 Å². The summed E-state index contributed by atoms with van der Waals surface area (Å²) < 4.78 is 0. The van der Waals surface area contributed by atoms with Crippen molar-refractivity contribution in [2.24, 2.45) is 5.73 Å². The van der Waals surface area contributed by atoms with E-state index in [-0.39, 0.29) is 5.92 Å². The van der Waals surface area contributed by atoms with Crippen LogP contribution in [0, 0.1) is 0 Å². The predicted octanol–water partition coefficient (Wildman–Crippen LogP) is 1.58. The molecule has 0 amide bonds. The maximum absolute atomic E-state index is 10.8. The molecule has 1 aromatic rings. The number of hydrogen-bond acceptors (Lipinski definition) is 3. The first-order valence-electron chi connectivity index (χ1n) is 4.75. The Morgan fingerprint density at radius 2 is 2.50 bits per heavy atom. The highest BCUT2D eigenvalue weighted by molar-refractivity contribution is 7.10. The van der Waals surface area contributed by atoms with Gasteiger partial charge in [-0.25, -0.2) is 0 Å². The van der Waals surface area contributed by atoms with Gasteiger partial charge < -0.3 is 10.8 Å². The molecule has 3 N–H and O–H groups in total. The highest BCUT2D eigenvalue weighted by Crippen LogP contribution is 2.36. The molecule has 0 saturated heterocycles. The Labute approximate surface area is 86.6 Å². The molecule has 0 radical (unpaired) electrons. The zero-order valence-corrected chi connectivity index (χ0v) is 8.59. The fraction of sp³-hybridized carbons (Fsp3) is 0.500. The van der Waals surface area contributed by atoms with Crippen molar-refractivity contribution in [1.82, 2.24) is 0 Å². The molecule has 1 aromatic heterocycles. The fourth-order valence-corrected chi connectivity index (χ4v) is 3.06. The molecule has 2 rings (SSSR count). The molecule has 2 atom stereocenters. The maximum Gasteiger partial charge on any atom is 0.321 e. The highest BCUT2D eigenvalue weighted by atomic mass is 32.1. The topological polar surface area (TPSA) is 63.3 Å². The zero-order chi connectivity index (χ0) is 10.1. The molecule has 4 heteroatoms. The molecule has 0 fully saturated rings. The number of nitrogens with two attached hydrogens (primary N) is 1. The number of hydrogen-bond donors (Lipinski definition) is 2. The van der Waals surface area contributed by atoms with Crippen molar-refractivity contribution in [3.63, 3.8) is 0 Å². The van der Waals surface area contributed by atoms with Gasteiger partial charge >= 0.3 is 5.97 Å². The Morgan fingerprint density at radius 1 is 1.71 bits per heavy atom. The molecule has 1 aliphatic rings. The van der Waals surface area contributed by atoms with Gasteiger partial charge in [0, 0.05) is 10.8 Å². The highest BCUT2D eigenvalue weighted by Gasteiger charge is 2.30. The zero-order valence-electron chi connectivity index (χ0n) is 7.77. The molecular formula is C10H13NO2S. The summed E-state index contributed by atoms with van der Waals surface area (Å²) in [6.07, 6.45) is 3.03. The van der Waals surface area contributed by atoms with Crippen LogP contribution < -0.4 is 5.73 Å². The number of aryl methyl sites for hydroxylation is 1. The second-order valence-electron chi connectivity index (χ2n) is 3.66. The van der Waals surface area contributed by atoms with Crippen LogP contribution in [-0.2, 0) is 11.2 Å². The third-order valence-electron chi connectivity index (χ3n) is 2.82. The summed E-state index contributed by atoms with van der Waals surface area (Å²) in [5.74, 6) is -0.878. The Balaban J connectivity index is 2.28. The second kappa shape index (κ2) is 3.71. The van der Waals surface area contributed by atoms with Crippen LogP contribution in [0.3, 0.4) is 0 Å². The molecule has 76 valence electrons. The van der Waals surface area contributed by atoms with Gasteiger partial charge in [0.25, 0.3) is 0 Å². The molecule has 3 nitrogen and oxygen atoms in total. The van der Waals surface area contributed by atoms with Gasteiger partial charge in [-0.2, -0.15) is 0 Å². The molecule has 0 aromatic carbocycles. The first-order chi connectivity index (χ1) is 6.70. The van der Waals surface area contributed by atoms with E-state index in [1.165, 1.54) is 4.88 Å². The summed E-state index contributed by atoms with van der Waals surface area (Å²) in [6, 6.07) is 1.27. The van der Waals surface area contributed by atoms with Gasteiger partial charge in [0.05, 0.1) is 0 Å². The first kappa shape index (κ1) is 9.68. The van der Waals surface area contributed by atoms with Crippen LogP contribution in [0.2, 0.25) is 0 Å². The van der Waals surface area contributed by atoms with Crippen LogP contribution in [0.4, 0.5) is 0 Å². The number of aliphatic carboxylic acids is 1. The lowest BCUT2D eigenvalue weighted by Gasteiger charge is -2.25. The van der Waals surface area contributed by atoms with Gasteiger partial charge in [-0.3, -0.25) is 4.79 Å².